The predicted octanol–water partition coefficient (Wildman–Crippen LogP) is 2.59. The lowest BCUT2D eigenvalue weighted by Gasteiger charge is -2.14. The van der Waals surface area contributed by atoms with Gasteiger partial charge in [0.05, 0.1) is 6.61 Å². The molecule has 0 radical (unpaired) electrons. The molecule has 0 unspecified atom stereocenters. The molecule has 0 saturated heterocycles. The lowest BCUT2D eigenvalue weighted by Crippen LogP contribution is -2.04. The second-order valence-electron chi connectivity index (χ2n) is 3.82. The van der Waals surface area contributed by atoms with Gasteiger partial charge in [0.15, 0.2) is 0 Å². The quantitative estimate of drug-likeness (QED) is 0.805. The number of hydrogen-bond acceptors (Lipinski definition) is 2. The number of benzene rings is 1. The van der Waals surface area contributed by atoms with Crippen LogP contribution < -0.4 is 10.5 Å². The van der Waals surface area contributed by atoms with Crippen LogP contribution in [0, 0.1) is 13.8 Å². The van der Waals surface area contributed by atoms with Crippen LogP contribution in [0.4, 0.5) is 0 Å². The highest BCUT2D eigenvalue weighted by Gasteiger charge is 2.08. The fourth-order valence-corrected chi connectivity index (χ4v) is 1.68. The number of hydrogen-bond donors (Lipinski definition) is 1. The van der Waals surface area contributed by atoms with Crippen LogP contribution in [0.3, 0.4) is 0 Å². The average Bonchev–Trinajstić information content (AvgIpc) is 2.24. The Morgan fingerprint density at radius 1 is 1.27 bits per heavy atom. The standard InChI is InChI=1S/C13H21NO/c1-4-15-13-11(3)10(2)7-8-12(13)6-5-9-14/h7-8H,4-6,9,14H2,1-3H3. The van der Waals surface area contributed by atoms with Gasteiger partial charge in [0.2, 0.25) is 0 Å². The molecule has 0 atom stereocenters. The first-order valence-electron chi connectivity index (χ1n) is 5.62. The van der Waals surface area contributed by atoms with Gasteiger partial charge in [-0.1, -0.05) is 12.1 Å². The second-order valence-corrected chi connectivity index (χ2v) is 3.82. The summed E-state index contributed by atoms with van der Waals surface area (Å²) in [6.45, 7) is 7.71. The molecular weight excluding hydrogens is 186 g/mol. The maximum Gasteiger partial charge on any atom is 0.125 e. The maximum absolute atomic E-state index is 5.70. The van der Waals surface area contributed by atoms with Crippen LogP contribution >= 0.6 is 0 Å². The van der Waals surface area contributed by atoms with Gasteiger partial charge in [-0.2, -0.15) is 0 Å². The van der Waals surface area contributed by atoms with E-state index >= 15 is 0 Å². The summed E-state index contributed by atoms with van der Waals surface area (Å²) < 4.78 is 5.70. The number of aryl methyl sites for hydroxylation is 2. The Hall–Kier alpha value is -1.02. The molecule has 0 aliphatic heterocycles. The highest BCUT2D eigenvalue weighted by molar-refractivity contribution is 5.45. The molecule has 0 fully saturated rings. The van der Waals surface area contributed by atoms with Crippen LogP contribution in [-0.2, 0) is 6.42 Å². The van der Waals surface area contributed by atoms with Crippen molar-refractivity contribution in [3.63, 3.8) is 0 Å². The van der Waals surface area contributed by atoms with Crippen LogP contribution in [0.2, 0.25) is 0 Å². The van der Waals surface area contributed by atoms with Gasteiger partial charge in [0, 0.05) is 0 Å². The van der Waals surface area contributed by atoms with Crippen LogP contribution in [0.25, 0.3) is 0 Å². The Morgan fingerprint density at radius 2 is 2.00 bits per heavy atom. The third-order valence-corrected chi connectivity index (χ3v) is 2.70. The Kier molecular flexibility index (Phi) is 4.63. The van der Waals surface area contributed by atoms with E-state index < -0.39 is 0 Å². The first-order chi connectivity index (χ1) is 7.20. The third-order valence-electron chi connectivity index (χ3n) is 2.70. The topological polar surface area (TPSA) is 35.2 Å². The van der Waals surface area contributed by atoms with Crippen LogP contribution in [-0.4, -0.2) is 13.2 Å². The van der Waals surface area contributed by atoms with Crippen molar-refractivity contribution in [2.45, 2.75) is 33.6 Å². The molecule has 0 aromatic heterocycles. The summed E-state index contributed by atoms with van der Waals surface area (Å²) in [5.41, 5.74) is 9.35. The minimum absolute atomic E-state index is 0.722. The van der Waals surface area contributed by atoms with E-state index in [9.17, 15) is 0 Å². The zero-order valence-corrected chi connectivity index (χ0v) is 9.97. The molecule has 1 rings (SSSR count). The van der Waals surface area contributed by atoms with Gasteiger partial charge in [-0.3, -0.25) is 0 Å². The van der Waals surface area contributed by atoms with Crippen LogP contribution in [0.15, 0.2) is 12.1 Å². The van der Waals surface area contributed by atoms with E-state index in [1.54, 1.807) is 0 Å². The Morgan fingerprint density at radius 3 is 2.60 bits per heavy atom. The van der Waals surface area contributed by atoms with Crippen molar-refractivity contribution in [1.82, 2.24) is 0 Å². The highest BCUT2D eigenvalue weighted by atomic mass is 16.5. The lowest BCUT2D eigenvalue weighted by molar-refractivity contribution is 0.333. The van der Waals surface area contributed by atoms with Gasteiger partial charge in [0.1, 0.15) is 5.75 Å². The third kappa shape index (κ3) is 2.96. The van der Waals surface area contributed by atoms with Crippen molar-refractivity contribution in [1.29, 1.82) is 0 Å². The molecule has 0 aliphatic rings. The normalized spacial score (nSPS) is 10.4. The number of ether oxygens (including phenoxy) is 1. The molecule has 0 aliphatic carbocycles. The molecule has 0 spiro atoms. The summed E-state index contributed by atoms with van der Waals surface area (Å²) in [4.78, 5) is 0. The molecular formula is C13H21NO. The van der Waals surface area contributed by atoms with E-state index in [0.29, 0.717) is 0 Å². The van der Waals surface area contributed by atoms with Crippen molar-refractivity contribution >= 4 is 0 Å². The van der Waals surface area contributed by atoms with Crippen molar-refractivity contribution in [2.75, 3.05) is 13.2 Å². The molecule has 0 amide bonds. The van der Waals surface area contributed by atoms with E-state index in [1.165, 1.54) is 16.7 Å². The van der Waals surface area contributed by atoms with Gasteiger partial charge in [0.25, 0.3) is 0 Å². The second kappa shape index (κ2) is 5.76. The number of nitrogens with two attached hydrogens (primary N) is 1. The highest BCUT2D eigenvalue weighted by Crippen LogP contribution is 2.27. The minimum atomic E-state index is 0.722. The molecule has 0 heterocycles. The first kappa shape index (κ1) is 12.1. The molecule has 1 aromatic carbocycles. The molecule has 2 N–H and O–H groups in total. The summed E-state index contributed by atoms with van der Waals surface area (Å²) in [5, 5.41) is 0. The lowest BCUT2D eigenvalue weighted by atomic mass is 10.0. The Balaban J connectivity index is 2.97. The molecule has 2 nitrogen and oxygen atoms in total. The molecule has 2 heteroatoms. The largest absolute Gasteiger partial charge is 0.493 e. The zero-order chi connectivity index (χ0) is 11.3. The zero-order valence-electron chi connectivity index (χ0n) is 9.97. The van der Waals surface area contributed by atoms with E-state index in [2.05, 4.69) is 26.0 Å². The Bertz CT molecular complexity index is 321. The van der Waals surface area contributed by atoms with Gasteiger partial charge in [-0.05, 0) is 56.8 Å². The monoisotopic (exact) mass is 207 g/mol. The van der Waals surface area contributed by atoms with Crippen molar-refractivity contribution in [3.05, 3.63) is 28.8 Å². The summed E-state index contributed by atoms with van der Waals surface area (Å²) in [5.74, 6) is 1.06. The molecule has 1 aromatic rings. The smallest absolute Gasteiger partial charge is 0.125 e. The van der Waals surface area contributed by atoms with E-state index in [-0.39, 0.29) is 0 Å². The summed E-state index contributed by atoms with van der Waals surface area (Å²) in [6, 6.07) is 4.31. The van der Waals surface area contributed by atoms with Crippen LogP contribution in [0.5, 0.6) is 5.75 Å². The maximum atomic E-state index is 5.70. The number of rotatable bonds is 5. The minimum Gasteiger partial charge on any atom is -0.493 e. The average molecular weight is 207 g/mol. The first-order valence-corrected chi connectivity index (χ1v) is 5.62. The van der Waals surface area contributed by atoms with Gasteiger partial charge in [-0.25, -0.2) is 0 Å². The fraction of sp³-hybridized carbons (Fsp3) is 0.538. The molecule has 0 saturated carbocycles. The predicted molar refractivity (Wildman–Crippen MR) is 64.5 cm³/mol. The van der Waals surface area contributed by atoms with Crippen molar-refractivity contribution < 1.29 is 4.74 Å². The van der Waals surface area contributed by atoms with E-state index in [0.717, 1.165) is 31.7 Å². The Labute approximate surface area is 92.4 Å². The van der Waals surface area contributed by atoms with Crippen molar-refractivity contribution in [3.8, 4) is 5.75 Å². The molecule has 84 valence electrons. The summed E-state index contributed by atoms with van der Waals surface area (Å²) in [6.07, 6.45) is 2.02. The van der Waals surface area contributed by atoms with Gasteiger partial charge in [-0.15, -0.1) is 0 Å². The molecule has 0 bridgehead atoms. The van der Waals surface area contributed by atoms with Crippen LogP contribution in [0.1, 0.15) is 30.0 Å². The van der Waals surface area contributed by atoms with E-state index in [4.69, 9.17) is 10.5 Å². The van der Waals surface area contributed by atoms with Crippen molar-refractivity contribution in [2.24, 2.45) is 5.73 Å². The summed E-state index contributed by atoms with van der Waals surface area (Å²) >= 11 is 0. The summed E-state index contributed by atoms with van der Waals surface area (Å²) in [7, 11) is 0. The fourth-order valence-electron chi connectivity index (χ4n) is 1.68. The SMILES string of the molecule is CCOc1c(CCCN)ccc(C)c1C. The van der Waals surface area contributed by atoms with Gasteiger partial charge < -0.3 is 10.5 Å². The molecule has 15 heavy (non-hydrogen) atoms. The van der Waals surface area contributed by atoms with Gasteiger partial charge >= 0.3 is 0 Å². The van der Waals surface area contributed by atoms with E-state index in [1.807, 2.05) is 6.92 Å².